The van der Waals surface area contributed by atoms with Gasteiger partial charge in [-0.1, -0.05) is 0 Å². The zero-order chi connectivity index (χ0) is 14.5. The number of carbonyl (C=O) groups excluding carboxylic acids is 2. The maximum absolute atomic E-state index is 12.4. The lowest BCUT2D eigenvalue weighted by molar-refractivity contribution is -0.121. The maximum atomic E-state index is 12.4. The van der Waals surface area contributed by atoms with E-state index in [1.807, 2.05) is 13.8 Å². The Labute approximate surface area is 118 Å². The van der Waals surface area contributed by atoms with E-state index in [1.54, 1.807) is 4.90 Å². The number of aromatic nitrogens is 2. The van der Waals surface area contributed by atoms with Gasteiger partial charge in [0.05, 0.1) is 6.20 Å². The Balaban J connectivity index is 1.94. The van der Waals surface area contributed by atoms with Crippen LogP contribution in [0.2, 0.25) is 0 Å². The molecule has 0 bridgehead atoms. The minimum absolute atomic E-state index is 0.0300. The van der Waals surface area contributed by atoms with Crippen LogP contribution in [-0.4, -0.2) is 45.3 Å². The largest absolute Gasteiger partial charge is 0.354 e. The summed E-state index contributed by atoms with van der Waals surface area (Å²) in [4.78, 5) is 33.7. The molecule has 108 valence electrons. The molecule has 0 aliphatic heterocycles. The van der Waals surface area contributed by atoms with Gasteiger partial charge in [-0.3, -0.25) is 14.6 Å². The first-order valence-corrected chi connectivity index (χ1v) is 6.94. The fourth-order valence-electron chi connectivity index (χ4n) is 2.01. The predicted molar refractivity (Wildman–Crippen MR) is 74.0 cm³/mol. The number of amides is 2. The van der Waals surface area contributed by atoms with Crippen LogP contribution < -0.4 is 5.32 Å². The predicted octanol–water partition coefficient (Wildman–Crippen LogP) is 0.996. The highest BCUT2D eigenvalue weighted by Crippen LogP contribution is 2.28. The molecule has 20 heavy (non-hydrogen) atoms. The van der Waals surface area contributed by atoms with Crippen molar-refractivity contribution in [3.05, 3.63) is 24.3 Å². The van der Waals surface area contributed by atoms with Crippen LogP contribution in [0.5, 0.6) is 0 Å². The summed E-state index contributed by atoms with van der Waals surface area (Å²) in [6.07, 6.45) is 6.82. The fourth-order valence-corrected chi connectivity index (χ4v) is 2.01. The minimum atomic E-state index is -0.141. The molecule has 1 saturated carbocycles. The Morgan fingerprint density at radius 1 is 1.40 bits per heavy atom. The second kappa shape index (κ2) is 6.45. The van der Waals surface area contributed by atoms with Gasteiger partial charge >= 0.3 is 0 Å². The van der Waals surface area contributed by atoms with Gasteiger partial charge in [0.2, 0.25) is 5.91 Å². The van der Waals surface area contributed by atoms with Gasteiger partial charge < -0.3 is 10.2 Å². The van der Waals surface area contributed by atoms with Crippen LogP contribution in [0.3, 0.4) is 0 Å². The van der Waals surface area contributed by atoms with Crippen LogP contribution in [0.1, 0.15) is 43.6 Å². The fraction of sp³-hybridized carbons (Fsp3) is 0.571. The highest BCUT2D eigenvalue weighted by Gasteiger charge is 2.33. The van der Waals surface area contributed by atoms with Crippen molar-refractivity contribution in [2.24, 2.45) is 0 Å². The quantitative estimate of drug-likeness (QED) is 0.841. The summed E-state index contributed by atoms with van der Waals surface area (Å²) < 4.78 is 0. The van der Waals surface area contributed by atoms with Crippen LogP contribution >= 0.6 is 0 Å². The van der Waals surface area contributed by atoms with Crippen LogP contribution in [0.25, 0.3) is 0 Å². The minimum Gasteiger partial charge on any atom is -0.354 e. The summed E-state index contributed by atoms with van der Waals surface area (Å²) in [7, 11) is 0. The molecule has 6 heteroatoms. The highest BCUT2D eigenvalue weighted by molar-refractivity contribution is 5.92. The van der Waals surface area contributed by atoms with Crippen molar-refractivity contribution in [2.45, 2.75) is 45.2 Å². The summed E-state index contributed by atoms with van der Waals surface area (Å²) in [5.41, 5.74) is 0.337. The molecule has 0 spiro atoms. The zero-order valence-electron chi connectivity index (χ0n) is 11.9. The van der Waals surface area contributed by atoms with Crippen molar-refractivity contribution in [3.8, 4) is 0 Å². The van der Waals surface area contributed by atoms with Crippen molar-refractivity contribution in [1.82, 2.24) is 20.2 Å². The summed E-state index contributed by atoms with van der Waals surface area (Å²) in [6, 6.07) is 0.365. The van der Waals surface area contributed by atoms with E-state index in [1.165, 1.54) is 18.6 Å². The van der Waals surface area contributed by atoms with Crippen LogP contribution in [0.4, 0.5) is 0 Å². The normalized spacial score (nSPS) is 14.2. The average Bonchev–Trinajstić information content (AvgIpc) is 3.23. The number of rotatable bonds is 6. The number of nitrogens with zero attached hydrogens (tertiary/aromatic N) is 3. The Hall–Kier alpha value is -1.98. The molecule has 6 nitrogen and oxygen atoms in total. The average molecular weight is 276 g/mol. The molecule has 0 atom stereocenters. The van der Waals surface area contributed by atoms with E-state index in [0.717, 1.165) is 12.8 Å². The van der Waals surface area contributed by atoms with Crippen molar-refractivity contribution < 1.29 is 9.59 Å². The Morgan fingerprint density at radius 2 is 2.15 bits per heavy atom. The highest BCUT2D eigenvalue weighted by atomic mass is 16.2. The van der Waals surface area contributed by atoms with E-state index in [-0.39, 0.29) is 23.9 Å². The first-order valence-electron chi connectivity index (χ1n) is 6.94. The molecule has 0 saturated heterocycles. The van der Waals surface area contributed by atoms with Crippen LogP contribution in [-0.2, 0) is 4.79 Å². The van der Waals surface area contributed by atoms with E-state index in [4.69, 9.17) is 0 Å². The molecule has 1 aliphatic rings. The topological polar surface area (TPSA) is 75.2 Å². The third kappa shape index (κ3) is 4.01. The lowest BCUT2D eigenvalue weighted by Crippen LogP contribution is -2.38. The second-order valence-electron chi connectivity index (χ2n) is 5.29. The van der Waals surface area contributed by atoms with E-state index in [0.29, 0.717) is 18.7 Å². The Bertz CT molecular complexity index is 471. The summed E-state index contributed by atoms with van der Waals surface area (Å²) >= 11 is 0. The molecule has 0 unspecified atom stereocenters. The third-order valence-electron chi connectivity index (χ3n) is 3.06. The van der Waals surface area contributed by atoms with Crippen LogP contribution in [0.15, 0.2) is 18.6 Å². The molecule has 0 aromatic carbocycles. The lowest BCUT2D eigenvalue weighted by Gasteiger charge is -2.21. The van der Waals surface area contributed by atoms with Gasteiger partial charge in [0.25, 0.3) is 5.91 Å². The molecule has 1 aromatic rings. The van der Waals surface area contributed by atoms with Gasteiger partial charge in [0.15, 0.2) is 0 Å². The Kier molecular flexibility index (Phi) is 4.65. The van der Waals surface area contributed by atoms with Crippen molar-refractivity contribution in [1.29, 1.82) is 0 Å². The van der Waals surface area contributed by atoms with Gasteiger partial charge in [-0.2, -0.15) is 0 Å². The molecule has 0 radical (unpaired) electrons. The molecule has 1 heterocycles. The molecule has 1 N–H and O–H groups in total. The Morgan fingerprint density at radius 3 is 2.70 bits per heavy atom. The second-order valence-corrected chi connectivity index (χ2v) is 5.29. The molecular weight excluding hydrogens is 256 g/mol. The number of carbonyl (C=O) groups is 2. The summed E-state index contributed by atoms with van der Waals surface area (Å²) in [5.74, 6) is -0.171. The molecule has 2 amide bonds. The van der Waals surface area contributed by atoms with Crippen molar-refractivity contribution in [2.75, 3.05) is 6.54 Å². The number of nitrogens with one attached hydrogen (secondary N) is 1. The van der Waals surface area contributed by atoms with E-state index in [9.17, 15) is 9.59 Å². The van der Waals surface area contributed by atoms with Gasteiger partial charge in [-0.25, -0.2) is 4.98 Å². The van der Waals surface area contributed by atoms with E-state index >= 15 is 0 Å². The number of hydrogen-bond donors (Lipinski definition) is 1. The first-order chi connectivity index (χ1) is 9.58. The maximum Gasteiger partial charge on any atom is 0.274 e. The van der Waals surface area contributed by atoms with E-state index in [2.05, 4.69) is 15.3 Å². The first kappa shape index (κ1) is 14.4. The molecule has 1 aliphatic carbocycles. The monoisotopic (exact) mass is 276 g/mol. The molecule has 2 rings (SSSR count). The molecule has 1 fully saturated rings. The van der Waals surface area contributed by atoms with Gasteiger partial charge in [-0.15, -0.1) is 0 Å². The van der Waals surface area contributed by atoms with Crippen molar-refractivity contribution >= 4 is 11.8 Å². The molecule has 1 aromatic heterocycles. The van der Waals surface area contributed by atoms with Gasteiger partial charge in [0.1, 0.15) is 5.69 Å². The molecular formula is C14H20N4O2. The number of hydrogen-bond acceptors (Lipinski definition) is 4. The zero-order valence-corrected chi connectivity index (χ0v) is 11.9. The summed E-state index contributed by atoms with van der Waals surface area (Å²) in [6.45, 7) is 4.27. The smallest absolute Gasteiger partial charge is 0.274 e. The SMILES string of the molecule is CC(C)NC(=O)CCN(C(=O)c1cnccn1)C1CC1. The van der Waals surface area contributed by atoms with E-state index < -0.39 is 0 Å². The standard InChI is InChI=1S/C14H20N4O2/c1-10(2)17-13(19)5-8-18(11-3-4-11)14(20)12-9-15-6-7-16-12/h6-7,9-11H,3-5,8H2,1-2H3,(H,17,19). The van der Waals surface area contributed by atoms with Crippen molar-refractivity contribution in [3.63, 3.8) is 0 Å². The van der Waals surface area contributed by atoms with Gasteiger partial charge in [0, 0.05) is 37.4 Å². The van der Waals surface area contributed by atoms with Gasteiger partial charge in [-0.05, 0) is 26.7 Å². The van der Waals surface area contributed by atoms with Crippen LogP contribution in [0, 0.1) is 0 Å². The third-order valence-corrected chi connectivity index (χ3v) is 3.06. The lowest BCUT2D eigenvalue weighted by atomic mass is 10.3. The summed E-state index contributed by atoms with van der Waals surface area (Å²) in [5, 5.41) is 2.83.